The largest absolute Gasteiger partial charge is 0.382 e. The van der Waals surface area contributed by atoms with Crippen molar-refractivity contribution >= 4 is 29.0 Å². The van der Waals surface area contributed by atoms with Crippen molar-refractivity contribution in [3.8, 4) is 11.1 Å². The number of hydrogen-bond donors (Lipinski definition) is 2. The lowest BCUT2D eigenvalue weighted by Crippen LogP contribution is -2.04. The van der Waals surface area contributed by atoms with E-state index in [0.29, 0.717) is 27.7 Å². The van der Waals surface area contributed by atoms with Gasteiger partial charge in [-0.2, -0.15) is 5.10 Å². The Hall–Kier alpha value is -1.19. The first-order valence-electron chi connectivity index (χ1n) is 6.21. The van der Waals surface area contributed by atoms with E-state index in [4.69, 9.17) is 28.9 Å². The highest BCUT2D eigenvalue weighted by molar-refractivity contribution is 6.36. The summed E-state index contributed by atoms with van der Waals surface area (Å²) in [6, 6.07) is 5.40. The van der Waals surface area contributed by atoms with Gasteiger partial charge >= 0.3 is 0 Å². The van der Waals surface area contributed by atoms with Crippen molar-refractivity contribution in [2.45, 2.75) is 26.7 Å². The number of rotatable bonds is 3. The molecule has 102 valence electrons. The van der Waals surface area contributed by atoms with E-state index in [0.717, 1.165) is 16.8 Å². The Morgan fingerprint density at radius 3 is 2.47 bits per heavy atom. The quantitative estimate of drug-likeness (QED) is 0.861. The van der Waals surface area contributed by atoms with Gasteiger partial charge in [0.25, 0.3) is 0 Å². The summed E-state index contributed by atoms with van der Waals surface area (Å²) in [5.74, 6) is 1.25. The number of hydrogen-bond acceptors (Lipinski definition) is 2. The molecule has 0 spiro atoms. The molecule has 3 N–H and O–H groups in total. The first-order valence-corrected chi connectivity index (χ1v) is 6.96. The number of nitrogens with two attached hydrogens (primary N) is 1. The predicted octanol–water partition coefficient (Wildman–Crippen LogP) is 4.73. The lowest BCUT2D eigenvalue weighted by atomic mass is 9.90. The third kappa shape index (κ3) is 2.72. The van der Waals surface area contributed by atoms with E-state index in [1.807, 2.05) is 6.07 Å². The Balaban J connectivity index is 2.58. The molecule has 1 atom stereocenters. The summed E-state index contributed by atoms with van der Waals surface area (Å²) < 4.78 is 0. The summed E-state index contributed by atoms with van der Waals surface area (Å²) in [5.41, 5.74) is 8.73. The highest BCUT2D eigenvalue weighted by Gasteiger charge is 2.21. The van der Waals surface area contributed by atoms with Gasteiger partial charge in [0.2, 0.25) is 0 Å². The zero-order valence-corrected chi connectivity index (χ0v) is 12.7. The van der Waals surface area contributed by atoms with Crippen LogP contribution in [0.15, 0.2) is 18.2 Å². The molecule has 1 aromatic heterocycles. The molecule has 0 aliphatic heterocycles. The molecule has 2 aromatic rings. The molecule has 1 aromatic carbocycles. The van der Waals surface area contributed by atoms with Gasteiger partial charge in [0.15, 0.2) is 5.82 Å². The van der Waals surface area contributed by atoms with Gasteiger partial charge in [0, 0.05) is 27.8 Å². The molecule has 0 saturated heterocycles. The van der Waals surface area contributed by atoms with Crippen LogP contribution in [0.4, 0.5) is 5.82 Å². The van der Waals surface area contributed by atoms with Crippen LogP contribution in [0.25, 0.3) is 11.1 Å². The van der Waals surface area contributed by atoms with Crippen molar-refractivity contribution in [1.82, 2.24) is 10.2 Å². The monoisotopic (exact) mass is 297 g/mol. The second-order valence-electron chi connectivity index (χ2n) is 5.05. The Labute approximate surface area is 123 Å². The van der Waals surface area contributed by atoms with Gasteiger partial charge in [-0.1, -0.05) is 50.0 Å². The molecular formula is C14H17Cl2N3. The fourth-order valence-corrected chi connectivity index (χ4v) is 2.51. The van der Waals surface area contributed by atoms with Crippen LogP contribution in [0, 0.1) is 5.92 Å². The zero-order chi connectivity index (χ0) is 14.2. The minimum absolute atomic E-state index is 0.312. The standard InChI is InChI=1S/C14H17Cl2N3/c1-7(2)8(3)13-12(14(17)19-18-13)10-5-4-9(15)6-11(10)16/h4-8H,1-3H3,(H3,17,18,19). The van der Waals surface area contributed by atoms with Crippen LogP contribution in [0.3, 0.4) is 0 Å². The van der Waals surface area contributed by atoms with Gasteiger partial charge in [-0.15, -0.1) is 0 Å². The summed E-state index contributed by atoms with van der Waals surface area (Å²) in [6.45, 7) is 6.47. The number of halogens is 2. The fraction of sp³-hybridized carbons (Fsp3) is 0.357. The normalized spacial score (nSPS) is 12.9. The predicted molar refractivity (Wildman–Crippen MR) is 81.7 cm³/mol. The van der Waals surface area contributed by atoms with Crippen LogP contribution in [-0.2, 0) is 0 Å². The van der Waals surface area contributed by atoms with Crippen LogP contribution >= 0.6 is 23.2 Å². The van der Waals surface area contributed by atoms with Crippen molar-refractivity contribution in [2.75, 3.05) is 5.73 Å². The maximum Gasteiger partial charge on any atom is 0.153 e. The maximum absolute atomic E-state index is 6.27. The van der Waals surface area contributed by atoms with Crippen LogP contribution in [0.1, 0.15) is 32.4 Å². The summed E-state index contributed by atoms with van der Waals surface area (Å²) in [6.07, 6.45) is 0. The van der Waals surface area contributed by atoms with Gasteiger partial charge in [-0.25, -0.2) is 0 Å². The summed E-state index contributed by atoms with van der Waals surface area (Å²) in [7, 11) is 0. The van der Waals surface area contributed by atoms with Crippen molar-refractivity contribution in [1.29, 1.82) is 0 Å². The molecule has 1 unspecified atom stereocenters. The van der Waals surface area contributed by atoms with Crippen LogP contribution in [-0.4, -0.2) is 10.2 Å². The molecule has 0 amide bonds. The molecule has 2 rings (SSSR count). The third-order valence-corrected chi connectivity index (χ3v) is 4.03. The molecule has 0 bridgehead atoms. The number of nitrogens with one attached hydrogen (secondary N) is 1. The molecule has 19 heavy (non-hydrogen) atoms. The van der Waals surface area contributed by atoms with Gasteiger partial charge < -0.3 is 5.73 Å². The molecule has 0 radical (unpaired) electrons. The average molecular weight is 298 g/mol. The molecule has 0 fully saturated rings. The number of nitrogen functional groups attached to an aromatic ring is 1. The van der Waals surface area contributed by atoms with E-state index in [-0.39, 0.29) is 0 Å². The molecule has 0 aliphatic rings. The van der Waals surface area contributed by atoms with Crippen LogP contribution in [0.2, 0.25) is 10.0 Å². The Morgan fingerprint density at radius 1 is 1.21 bits per heavy atom. The van der Waals surface area contributed by atoms with Crippen LogP contribution < -0.4 is 5.73 Å². The SMILES string of the molecule is CC(C)C(C)c1[nH]nc(N)c1-c1ccc(Cl)cc1Cl. The number of benzene rings is 1. The van der Waals surface area contributed by atoms with Crippen LogP contribution in [0.5, 0.6) is 0 Å². The first-order chi connectivity index (χ1) is 8.91. The van der Waals surface area contributed by atoms with Gasteiger partial charge in [-0.3, -0.25) is 5.10 Å². The maximum atomic E-state index is 6.27. The van der Waals surface area contributed by atoms with Crippen molar-refractivity contribution < 1.29 is 0 Å². The minimum atomic E-state index is 0.312. The molecule has 5 heteroatoms. The topological polar surface area (TPSA) is 54.7 Å². The van der Waals surface area contributed by atoms with E-state index in [1.165, 1.54) is 0 Å². The van der Waals surface area contributed by atoms with E-state index in [9.17, 15) is 0 Å². The molecule has 1 heterocycles. The summed E-state index contributed by atoms with van der Waals surface area (Å²) >= 11 is 12.2. The second kappa shape index (κ2) is 5.43. The number of anilines is 1. The Bertz CT molecular complexity index is 590. The highest BCUT2D eigenvalue weighted by atomic mass is 35.5. The van der Waals surface area contributed by atoms with Gasteiger partial charge in [0.1, 0.15) is 0 Å². The summed E-state index contributed by atoms with van der Waals surface area (Å²) in [4.78, 5) is 0. The molecular weight excluding hydrogens is 281 g/mol. The fourth-order valence-electron chi connectivity index (χ4n) is 2.01. The lowest BCUT2D eigenvalue weighted by molar-refractivity contribution is 0.523. The molecule has 0 aliphatic carbocycles. The average Bonchev–Trinajstić information content (AvgIpc) is 2.70. The zero-order valence-electron chi connectivity index (χ0n) is 11.2. The van der Waals surface area contributed by atoms with Crippen molar-refractivity contribution in [3.05, 3.63) is 33.9 Å². The van der Waals surface area contributed by atoms with E-state index in [1.54, 1.807) is 12.1 Å². The smallest absolute Gasteiger partial charge is 0.153 e. The number of nitrogens with zero attached hydrogens (tertiary/aromatic N) is 1. The molecule has 0 saturated carbocycles. The van der Waals surface area contributed by atoms with Gasteiger partial charge in [0.05, 0.1) is 5.02 Å². The van der Waals surface area contributed by atoms with E-state index in [2.05, 4.69) is 31.0 Å². The van der Waals surface area contributed by atoms with E-state index >= 15 is 0 Å². The van der Waals surface area contributed by atoms with Gasteiger partial charge in [-0.05, 0) is 18.1 Å². The first kappa shape index (κ1) is 14.2. The lowest BCUT2D eigenvalue weighted by Gasteiger charge is -2.16. The molecule has 3 nitrogen and oxygen atoms in total. The van der Waals surface area contributed by atoms with Crippen molar-refractivity contribution in [3.63, 3.8) is 0 Å². The number of aromatic amines is 1. The van der Waals surface area contributed by atoms with Crippen molar-refractivity contribution in [2.24, 2.45) is 5.92 Å². The Kier molecular flexibility index (Phi) is 4.07. The number of H-pyrrole nitrogens is 1. The van der Waals surface area contributed by atoms with E-state index < -0.39 is 0 Å². The second-order valence-corrected chi connectivity index (χ2v) is 5.90. The third-order valence-electron chi connectivity index (χ3n) is 3.48. The Morgan fingerprint density at radius 2 is 1.89 bits per heavy atom. The summed E-state index contributed by atoms with van der Waals surface area (Å²) in [5, 5.41) is 8.34. The minimum Gasteiger partial charge on any atom is -0.382 e. The number of aromatic nitrogens is 2. The highest BCUT2D eigenvalue weighted by Crippen LogP contribution is 2.39.